The lowest BCUT2D eigenvalue weighted by molar-refractivity contribution is 0.376. The zero-order valence-corrected chi connectivity index (χ0v) is 12.3. The summed E-state index contributed by atoms with van der Waals surface area (Å²) >= 11 is 0. The number of hydrogen-bond donors (Lipinski definition) is 1. The average Bonchev–Trinajstić information content (AvgIpc) is 2.88. The molecule has 2 aromatic heterocycles. The molecule has 1 unspecified atom stereocenters. The van der Waals surface area contributed by atoms with E-state index in [1.807, 2.05) is 10.7 Å². The monoisotopic (exact) mass is 273 g/mol. The number of pyridine rings is 1. The van der Waals surface area contributed by atoms with E-state index in [-0.39, 0.29) is 0 Å². The second-order valence-corrected chi connectivity index (χ2v) is 5.67. The smallest absolute Gasteiger partial charge is 0.245 e. The molecular weight excluding hydrogens is 250 g/mol. The van der Waals surface area contributed by atoms with E-state index in [4.69, 9.17) is 0 Å². The highest BCUT2D eigenvalue weighted by Gasteiger charge is 2.19. The summed E-state index contributed by atoms with van der Waals surface area (Å²) in [6, 6.07) is 4.14. The Kier molecular flexibility index (Phi) is 3.87. The van der Waals surface area contributed by atoms with Crippen LogP contribution in [0.2, 0.25) is 0 Å². The minimum Gasteiger partial charge on any atom is -0.339 e. The van der Waals surface area contributed by atoms with Gasteiger partial charge in [0.05, 0.1) is 0 Å². The Morgan fingerprint density at radius 1 is 1.50 bits per heavy atom. The summed E-state index contributed by atoms with van der Waals surface area (Å²) in [6.07, 6.45) is 4.56. The Morgan fingerprint density at radius 2 is 2.40 bits per heavy atom. The highest BCUT2D eigenvalue weighted by atomic mass is 15.4. The third kappa shape index (κ3) is 2.77. The molecule has 3 rings (SSSR count). The predicted octanol–water partition coefficient (Wildman–Crippen LogP) is 1.86. The molecule has 5 nitrogen and oxygen atoms in total. The van der Waals surface area contributed by atoms with Crippen LogP contribution in [0.15, 0.2) is 18.3 Å². The van der Waals surface area contributed by atoms with Gasteiger partial charge in [0.25, 0.3) is 0 Å². The van der Waals surface area contributed by atoms with Gasteiger partial charge in [0.2, 0.25) is 5.95 Å². The molecule has 108 valence electrons. The lowest BCUT2D eigenvalue weighted by Crippen LogP contribution is -2.38. The number of nitrogens with zero attached hydrogens (tertiary/aromatic N) is 4. The predicted molar refractivity (Wildman–Crippen MR) is 81.2 cm³/mol. The van der Waals surface area contributed by atoms with Crippen LogP contribution in [-0.4, -0.2) is 40.8 Å². The van der Waals surface area contributed by atoms with Gasteiger partial charge in [-0.1, -0.05) is 0 Å². The lowest BCUT2D eigenvalue weighted by Gasteiger charge is -2.28. The number of aromatic nitrogens is 3. The second-order valence-electron chi connectivity index (χ2n) is 5.67. The van der Waals surface area contributed by atoms with E-state index < -0.39 is 0 Å². The van der Waals surface area contributed by atoms with Gasteiger partial charge in [0.15, 0.2) is 5.65 Å². The minimum atomic E-state index is 0.706. The normalized spacial score (nSPS) is 19.4. The van der Waals surface area contributed by atoms with Crippen molar-refractivity contribution < 1.29 is 0 Å². The molecule has 2 aromatic rings. The molecule has 0 amide bonds. The van der Waals surface area contributed by atoms with Crippen molar-refractivity contribution in [3.05, 3.63) is 23.9 Å². The number of fused-ring (bicyclic) bond motifs is 1. The van der Waals surface area contributed by atoms with Crippen molar-refractivity contribution in [3.63, 3.8) is 0 Å². The first kappa shape index (κ1) is 13.4. The molecule has 1 fully saturated rings. The van der Waals surface area contributed by atoms with Crippen LogP contribution in [0.4, 0.5) is 5.95 Å². The van der Waals surface area contributed by atoms with Crippen LogP contribution in [0.5, 0.6) is 0 Å². The Morgan fingerprint density at radius 3 is 3.15 bits per heavy atom. The van der Waals surface area contributed by atoms with Crippen molar-refractivity contribution in [2.24, 2.45) is 5.92 Å². The molecule has 0 bridgehead atoms. The number of aryl methyl sites for hydroxylation is 1. The van der Waals surface area contributed by atoms with E-state index in [1.165, 1.54) is 18.4 Å². The standard InChI is InChI=1S/C15H23N5/c1-3-19(11-13-5-4-7-16-10-13)15-17-14-9-12(2)6-8-20(14)18-15/h6,8-9,13,16H,3-5,7,10-11H2,1-2H3. The molecule has 5 heteroatoms. The number of nitrogens with one attached hydrogen (secondary N) is 1. The van der Waals surface area contributed by atoms with Crippen molar-refractivity contribution >= 4 is 11.6 Å². The number of anilines is 1. The van der Waals surface area contributed by atoms with Crippen molar-refractivity contribution in [3.8, 4) is 0 Å². The average molecular weight is 273 g/mol. The molecule has 1 aliphatic rings. The molecule has 0 aliphatic carbocycles. The zero-order chi connectivity index (χ0) is 13.9. The maximum Gasteiger partial charge on any atom is 0.245 e. The molecule has 0 saturated carbocycles. The van der Waals surface area contributed by atoms with Gasteiger partial charge in [-0.25, -0.2) is 4.52 Å². The number of piperidine rings is 1. The summed E-state index contributed by atoms with van der Waals surface area (Å²) in [5.41, 5.74) is 2.15. The van der Waals surface area contributed by atoms with Gasteiger partial charge in [-0.3, -0.25) is 0 Å². The van der Waals surface area contributed by atoms with Gasteiger partial charge in [0, 0.05) is 19.3 Å². The van der Waals surface area contributed by atoms with Gasteiger partial charge in [-0.05, 0) is 63.4 Å². The van der Waals surface area contributed by atoms with E-state index in [0.29, 0.717) is 5.92 Å². The van der Waals surface area contributed by atoms with Gasteiger partial charge >= 0.3 is 0 Å². The van der Waals surface area contributed by atoms with Crippen LogP contribution in [0, 0.1) is 12.8 Å². The summed E-state index contributed by atoms with van der Waals surface area (Å²) < 4.78 is 1.87. The molecular formula is C15H23N5. The van der Waals surface area contributed by atoms with Crippen molar-refractivity contribution in [2.45, 2.75) is 26.7 Å². The third-order valence-corrected chi connectivity index (χ3v) is 4.02. The maximum atomic E-state index is 4.67. The first-order valence-corrected chi connectivity index (χ1v) is 7.55. The molecule has 1 atom stereocenters. The van der Waals surface area contributed by atoms with Crippen molar-refractivity contribution in [2.75, 3.05) is 31.1 Å². The fraction of sp³-hybridized carbons (Fsp3) is 0.600. The van der Waals surface area contributed by atoms with E-state index in [2.05, 4.69) is 46.3 Å². The lowest BCUT2D eigenvalue weighted by atomic mass is 9.99. The highest BCUT2D eigenvalue weighted by molar-refractivity contribution is 5.46. The first-order chi connectivity index (χ1) is 9.76. The second kappa shape index (κ2) is 5.79. The topological polar surface area (TPSA) is 45.5 Å². The number of rotatable bonds is 4. The van der Waals surface area contributed by atoms with E-state index >= 15 is 0 Å². The fourth-order valence-corrected chi connectivity index (χ4v) is 2.85. The molecule has 1 aliphatic heterocycles. The molecule has 1 N–H and O–H groups in total. The fourth-order valence-electron chi connectivity index (χ4n) is 2.85. The van der Waals surface area contributed by atoms with E-state index in [9.17, 15) is 0 Å². The minimum absolute atomic E-state index is 0.706. The van der Waals surface area contributed by atoms with E-state index in [1.54, 1.807) is 0 Å². The van der Waals surface area contributed by atoms with Crippen LogP contribution in [-0.2, 0) is 0 Å². The van der Waals surface area contributed by atoms with Gasteiger partial charge in [0.1, 0.15) is 0 Å². The van der Waals surface area contributed by atoms with Crippen LogP contribution in [0.1, 0.15) is 25.3 Å². The maximum absolute atomic E-state index is 4.67. The van der Waals surface area contributed by atoms with E-state index in [0.717, 1.165) is 37.8 Å². The van der Waals surface area contributed by atoms with Crippen molar-refractivity contribution in [1.82, 2.24) is 19.9 Å². The molecule has 3 heterocycles. The Labute approximate surface area is 120 Å². The SMILES string of the molecule is CCN(CC1CCCNC1)c1nc2cc(C)ccn2n1. The van der Waals surface area contributed by atoms with Gasteiger partial charge in [-0.2, -0.15) is 4.98 Å². The van der Waals surface area contributed by atoms with Gasteiger partial charge in [-0.15, -0.1) is 5.10 Å². The Bertz CT molecular complexity index is 571. The largest absolute Gasteiger partial charge is 0.339 e. The Hall–Kier alpha value is -1.62. The summed E-state index contributed by atoms with van der Waals surface area (Å²) in [6.45, 7) is 8.52. The third-order valence-electron chi connectivity index (χ3n) is 4.02. The number of hydrogen-bond acceptors (Lipinski definition) is 4. The Balaban J connectivity index is 1.79. The molecule has 1 saturated heterocycles. The highest BCUT2D eigenvalue weighted by Crippen LogP contribution is 2.17. The summed E-state index contributed by atoms with van der Waals surface area (Å²) in [5.74, 6) is 1.56. The summed E-state index contributed by atoms with van der Waals surface area (Å²) in [4.78, 5) is 6.96. The van der Waals surface area contributed by atoms with Crippen LogP contribution >= 0.6 is 0 Å². The first-order valence-electron chi connectivity index (χ1n) is 7.55. The quantitative estimate of drug-likeness (QED) is 0.923. The van der Waals surface area contributed by atoms with Gasteiger partial charge < -0.3 is 10.2 Å². The van der Waals surface area contributed by atoms with Crippen LogP contribution in [0.3, 0.4) is 0 Å². The molecule has 0 aromatic carbocycles. The van der Waals surface area contributed by atoms with Crippen LogP contribution < -0.4 is 10.2 Å². The molecule has 0 radical (unpaired) electrons. The molecule has 0 spiro atoms. The summed E-state index contributed by atoms with van der Waals surface area (Å²) in [5, 5.41) is 8.08. The van der Waals surface area contributed by atoms with Crippen molar-refractivity contribution in [1.29, 1.82) is 0 Å². The molecule has 20 heavy (non-hydrogen) atoms. The van der Waals surface area contributed by atoms with Crippen LogP contribution in [0.25, 0.3) is 5.65 Å². The summed E-state index contributed by atoms with van der Waals surface area (Å²) in [7, 11) is 0. The zero-order valence-electron chi connectivity index (χ0n) is 12.3.